The summed E-state index contributed by atoms with van der Waals surface area (Å²) in [6.45, 7) is 6.06. The third-order valence-corrected chi connectivity index (χ3v) is 3.98. The van der Waals surface area contributed by atoms with Crippen molar-refractivity contribution in [2.24, 2.45) is 0 Å². The molecule has 130 valence electrons. The zero-order valence-corrected chi connectivity index (χ0v) is 13.7. The molecule has 23 heavy (non-hydrogen) atoms. The summed E-state index contributed by atoms with van der Waals surface area (Å²) in [5.41, 5.74) is 0. The van der Waals surface area contributed by atoms with Gasteiger partial charge in [-0.1, -0.05) is 26.2 Å². The standard InChI is InChI=1S/C15H26N4O4/c1-2-3-4-5-13(10-19(21)12-20)15-17-16-14(23-15)11-18-6-8-22-9-7-18/h12-13,21H,2-11H2,1H3. The van der Waals surface area contributed by atoms with Gasteiger partial charge in [-0.25, -0.2) is 5.06 Å². The minimum absolute atomic E-state index is 0.136. The molecule has 1 fully saturated rings. The lowest BCUT2D eigenvalue weighted by Gasteiger charge is -2.24. The predicted octanol–water partition coefficient (Wildman–Crippen LogP) is 1.41. The van der Waals surface area contributed by atoms with Crippen molar-refractivity contribution >= 4 is 6.41 Å². The van der Waals surface area contributed by atoms with Crippen molar-refractivity contribution in [1.82, 2.24) is 20.2 Å². The number of carbonyl (C=O) groups excluding carboxylic acids is 1. The molecular formula is C15H26N4O4. The summed E-state index contributed by atoms with van der Waals surface area (Å²) in [5.74, 6) is 0.922. The van der Waals surface area contributed by atoms with Crippen molar-refractivity contribution in [2.45, 2.75) is 45.1 Å². The Balaban J connectivity index is 1.95. The minimum Gasteiger partial charge on any atom is -0.424 e. The van der Waals surface area contributed by atoms with Gasteiger partial charge in [0.05, 0.1) is 32.2 Å². The van der Waals surface area contributed by atoms with Gasteiger partial charge in [0.1, 0.15) is 0 Å². The molecule has 0 bridgehead atoms. The van der Waals surface area contributed by atoms with E-state index < -0.39 is 0 Å². The summed E-state index contributed by atoms with van der Waals surface area (Å²) in [4.78, 5) is 12.9. The second-order valence-electron chi connectivity index (χ2n) is 5.84. The Hall–Kier alpha value is -1.51. The van der Waals surface area contributed by atoms with E-state index in [9.17, 15) is 10.0 Å². The largest absolute Gasteiger partial charge is 0.424 e. The van der Waals surface area contributed by atoms with Gasteiger partial charge in [0.15, 0.2) is 0 Å². The highest BCUT2D eigenvalue weighted by Crippen LogP contribution is 2.22. The fourth-order valence-electron chi connectivity index (χ4n) is 2.65. The Morgan fingerprint density at radius 3 is 2.83 bits per heavy atom. The molecular weight excluding hydrogens is 300 g/mol. The SMILES string of the molecule is CCCCCC(CN(O)C=O)c1nnc(CN2CCOCC2)o1. The lowest BCUT2D eigenvalue weighted by atomic mass is 10.0. The quantitative estimate of drug-likeness (QED) is 0.301. The average molecular weight is 326 g/mol. The first-order valence-corrected chi connectivity index (χ1v) is 8.26. The monoisotopic (exact) mass is 326 g/mol. The maximum Gasteiger partial charge on any atom is 0.233 e. The second-order valence-corrected chi connectivity index (χ2v) is 5.84. The summed E-state index contributed by atoms with van der Waals surface area (Å²) in [6.07, 6.45) is 4.40. The number of hydroxylamine groups is 2. The van der Waals surface area contributed by atoms with Crippen LogP contribution >= 0.6 is 0 Å². The predicted molar refractivity (Wildman–Crippen MR) is 81.8 cm³/mol. The molecule has 8 nitrogen and oxygen atoms in total. The Labute approximate surface area is 136 Å². The van der Waals surface area contributed by atoms with Crippen LogP contribution in [0.4, 0.5) is 0 Å². The van der Waals surface area contributed by atoms with Gasteiger partial charge in [0.2, 0.25) is 18.2 Å². The molecule has 1 aromatic rings. The van der Waals surface area contributed by atoms with E-state index in [4.69, 9.17) is 9.15 Å². The van der Waals surface area contributed by atoms with Crippen molar-refractivity contribution in [3.8, 4) is 0 Å². The number of carbonyl (C=O) groups is 1. The topological polar surface area (TPSA) is 91.9 Å². The van der Waals surface area contributed by atoms with Crippen molar-refractivity contribution in [3.05, 3.63) is 11.8 Å². The maximum atomic E-state index is 10.7. The van der Waals surface area contributed by atoms with Crippen molar-refractivity contribution < 1.29 is 19.2 Å². The molecule has 2 rings (SSSR count). The molecule has 0 aliphatic carbocycles. The molecule has 8 heteroatoms. The van der Waals surface area contributed by atoms with E-state index in [-0.39, 0.29) is 12.5 Å². The number of rotatable bonds is 10. The number of hydrogen-bond acceptors (Lipinski definition) is 7. The molecule has 0 radical (unpaired) electrons. The zero-order chi connectivity index (χ0) is 16.5. The first kappa shape index (κ1) is 17.8. The van der Waals surface area contributed by atoms with E-state index in [1.165, 1.54) is 0 Å². The van der Waals surface area contributed by atoms with Gasteiger partial charge in [-0.2, -0.15) is 0 Å². The molecule has 1 aromatic heterocycles. The maximum absolute atomic E-state index is 10.7. The van der Waals surface area contributed by atoms with Crippen LogP contribution in [0, 0.1) is 0 Å². The minimum atomic E-state index is -0.136. The van der Waals surface area contributed by atoms with Crippen LogP contribution in [0.1, 0.15) is 50.3 Å². The number of amides is 1. The summed E-state index contributed by atoms with van der Waals surface area (Å²) in [6, 6.07) is 0. The molecule has 0 spiro atoms. The van der Waals surface area contributed by atoms with Gasteiger partial charge >= 0.3 is 0 Å². The molecule has 1 aliphatic rings. The highest BCUT2D eigenvalue weighted by atomic mass is 16.5. The highest BCUT2D eigenvalue weighted by molar-refractivity contribution is 5.44. The van der Waals surface area contributed by atoms with Crippen molar-refractivity contribution in [1.29, 1.82) is 0 Å². The van der Waals surface area contributed by atoms with E-state index in [2.05, 4.69) is 22.0 Å². The van der Waals surface area contributed by atoms with E-state index in [0.717, 1.165) is 52.0 Å². The number of nitrogens with zero attached hydrogens (tertiary/aromatic N) is 4. The Kier molecular flexibility index (Phi) is 7.44. The summed E-state index contributed by atoms with van der Waals surface area (Å²) in [5, 5.41) is 18.3. The Morgan fingerprint density at radius 1 is 1.35 bits per heavy atom. The molecule has 1 N–H and O–H groups in total. The van der Waals surface area contributed by atoms with Crippen molar-refractivity contribution in [3.63, 3.8) is 0 Å². The van der Waals surface area contributed by atoms with E-state index >= 15 is 0 Å². The van der Waals surface area contributed by atoms with Gasteiger partial charge in [-0.05, 0) is 6.42 Å². The molecule has 1 aliphatic heterocycles. The number of hydrogen-bond donors (Lipinski definition) is 1. The highest BCUT2D eigenvalue weighted by Gasteiger charge is 2.22. The first-order chi connectivity index (χ1) is 11.2. The van der Waals surface area contributed by atoms with Crippen LogP contribution in [0.2, 0.25) is 0 Å². The fraction of sp³-hybridized carbons (Fsp3) is 0.800. The summed E-state index contributed by atoms with van der Waals surface area (Å²) in [7, 11) is 0. The van der Waals surface area contributed by atoms with Gasteiger partial charge in [0.25, 0.3) is 0 Å². The molecule has 1 saturated heterocycles. The summed E-state index contributed by atoms with van der Waals surface area (Å²) >= 11 is 0. The van der Waals surface area contributed by atoms with Gasteiger partial charge in [0, 0.05) is 13.1 Å². The van der Waals surface area contributed by atoms with Gasteiger partial charge in [-0.15, -0.1) is 10.2 Å². The van der Waals surface area contributed by atoms with Gasteiger partial charge < -0.3 is 9.15 Å². The van der Waals surface area contributed by atoms with Crippen LogP contribution in [0.5, 0.6) is 0 Å². The molecule has 1 unspecified atom stereocenters. The molecule has 1 atom stereocenters. The van der Waals surface area contributed by atoms with E-state index in [1.54, 1.807) is 0 Å². The first-order valence-electron chi connectivity index (χ1n) is 8.26. The number of ether oxygens (including phenoxy) is 1. The smallest absolute Gasteiger partial charge is 0.233 e. The third-order valence-electron chi connectivity index (χ3n) is 3.98. The van der Waals surface area contributed by atoms with Crippen molar-refractivity contribution in [2.75, 3.05) is 32.8 Å². The number of unbranched alkanes of at least 4 members (excludes halogenated alkanes) is 2. The van der Waals surface area contributed by atoms with Crippen LogP contribution in [0.3, 0.4) is 0 Å². The Bertz CT molecular complexity index is 462. The lowest BCUT2D eigenvalue weighted by molar-refractivity contribution is -0.151. The lowest BCUT2D eigenvalue weighted by Crippen LogP contribution is -2.35. The van der Waals surface area contributed by atoms with Crippen LogP contribution in [0.15, 0.2) is 4.42 Å². The number of aromatic nitrogens is 2. The fourth-order valence-corrected chi connectivity index (χ4v) is 2.65. The van der Waals surface area contributed by atoms with Crippen LogP contribution < -0.4 is 0 Å². The zero-order valence-electron chi connectivity index (χ0n) is 13.7. The van der Waals surface area contributed by atoms with Crippen LogP contribution in [-0.2, 0) is 16.1 Å². The summed E-state index contributed by atoms with van der Waals surface area (Å²) < 4.78 is 11.1. The molecule has 0 saturated carbocycles. The van der Waals surface area contributed by atoms with E-state index in [0.29, 0.717) is 29.8 Å². The van der Waals surface area contributed by atoms with Crippen LogP contribution in [0.25, 0.3) is 0 Å². The third kappa shape index (κ3) is 5.89. The second kappa shape index (κ2) is 9.59. The normalized spacial score (nSPS) is 17.1. The Morgan fingerprint density at radius 2 is 2.13 bits per heavy atom. The average Bonchev–Trinajstić information content (AvgIpc) is 3.03. The molecule has 1 amide bonds. The molecule has 2 heterocycles. The van der Waals surface area contributed by atoms with Gasteiger partial charge in [-0.3, -0.25) is 14.9 Å². The number of morpholine rings is 1. The molecule has 0 aromatic carbocycles. The van der Waals surface area contributed by atoms with E-state index in [1.807, 2.05) is 0 Å². The van der Waals surface area contributed by atoms with Crippen LogP contribution in [-0.4, -0.2) is 64.6 Å².